The zero-order valence-corrected chi connectivity index (χ0v) is 18.4. The monoisotopic (exact) mass is 510 g/mol. The number of alkyl halides is 6. The largest absolute Gasteiger partial charge is 0.419 e. The summed E-state index contributed by atoms with van der Waals surface area (Å²) in [5, 5.41) is 0. The van der Waals surface area contributed by atoms with Gasteiger partial charge in [-0.25, -0.2) is 17.5 Å². The lowest BCUT2D eigenvalue weighted by Crippen LogP contribution is -2.39. The van der Waals surface area contributed by atoms with E-state index in [1.807, 2.05) is 4.90 Å². The van der Waals surface area contributed by atoms with E-state index in [1.165, 1.54) is 6.07 Å². The predicted molar refractivity (Wildman–Crippen MR) is 108 cm³/mol. The van der Waals surface area contributed by atoms with Gasteiger partial charge in [0, 0.05) is 25.7 Å². The maximum Gasteiger partial charge on any atom is 0.419 e. The number of hydrogen-bond donors (Lipinski definition) is 1. The van der Waals surface area contributed by atoms with Gasteiger partial charge in [0.15, 0.2) is 0 Å². The molecule has 2 aromatic carbocycles. The van der Waals surface area contributed by atoms with E-state index in [4.69, 9.17) is 0 Å². The number of hydrogen-bond acceptors (Lipinski definition) is 3. The number of benzene rings is 2. The molecule has 0 bridgehead atoms. The van der Waals surface area contributed by atoms with Gasteiger partial charge >= 0.3 is 12.4 Å². The van der Waals surface area contributed by atoms with Crippen LogP contribution >= 0.6 is 0 Å². The summed E-state index contributed by atoms with van der Waals surface area (Å²) in [5.74, 6) is -1.34. The molecule has 1 heterocycles. The number of likely N-dealkylation sites (tertiary alicyclic amines) is 1. The normalized spacial score (nSPS) is 23.9. The first-order valence-corrected chi connectivity index (χ1v) is 12.0. The molecule has 0 spiro atoms. The first-order valence-electron chi connectivity index (χ1n) is 10.5. The number of fused-ring (bicyclic) bond motifs is 1. The molecular formula is C22H21F7N2O2S. The molecule has 2 aliphatic rings. The van der Waals surface area contributed by atoms with Gasteiger partial charge in [0.05, 0.1) is 16.0 Å². The lowest BCUT2D eigenvalue weighted by Gasteiger charge is -2.22. The van der Waals surface area contributed by atoms with E-state index in [-0.39, 0.29) is 18.4 Å². The first kappa shape index (κ1) is 24.9. The third-order valence-corrected chi connectivity index (χ3v) is 7.94. The quantitative estimate of drug-likeness (QED) is 0.573. The standard InChI is InChI=1S/C22H21F7N2O2S/c23-19-8-13(4-6-18(19)22(27,28)29)10-31-11-14-5-7-20(17(14)12-31)30-34(32,33)16-3-1-2-15(9-16)21(24,25)26/h1-4,6,8-9,14,17,20,30H,5,7,10-12H2. The van der Waals surface area contributed by atoms with Crippen molar-refractivity contribution in [2.24, 2.45) is 11.8 Å². The zero-order chi connectivity index (χ0) is 24.9. The highest BCUT2D eigenvalue weighted by Crippen LogP contribution is 2.40. The second-order valence-electron chi connectivity index (χ2n) is 8.76. The summed E-state index contributed by atoms with van der Waals surface area (Å²) < 4.78 is 119. The van der Waals surface area contributed by atoms with Gasteiger partial charge in [-0.3, -0.25) is 4.90 Å². The number of sulfonamides is 1. The smallest absolute Gasteiger partial charge is 0.298 e. The molecule has 4 rings (SSSR count). The molecule has 0 radical (unpaired) electrons. The van der Waals surface area contributed by atoms with Crippen LogP contribution in [0.25, 0.3) is 0 Å². The van der Waals surface area contributed by atoms with Crippen molar-refractivity contribution >= 4 is 10.0 Å². The minimum absolute atomic E-state index is 0.111. The van der Waals surface area contributed by atoms with Crippen LogP contribution in [0.3, 0.4) is 0 Å². The molecule has 0 amide bonds. The van der Waals surface area contributed by atoms with Crippen molar-refractivity contribution < 1.29 is 39.2 Å². The molecule has 1 saturated carbocycles. The summed E-state index contributed by atoms with van der Waals surface area (Å²) in [7, 11) is -4.19. The Morgan fingerprint density at radius 1 is 0.941 bits per heavy atom. The molecule has 1 aliphatic heterocycles. The van der Waals surface area contributed by atoms with Crippen LogP contribution in [0.15, 0.2) is 47.4 Å². The summed E-state index contributed by atoms with van der Waals surface area (Å²) in [6.07, 6.45) is -8.24. The molecular weight excluding hydrogens is 489 g/mol. The Labute approximate surface area is 191 Å². The molecule has 3 atom stereocenters. The van der Waals surface area contributed by atoms with Crippen molar-refractivity contribution in [3.05, 3.63) is 65.0 Å². The van der Waals surface area contributed by atoms with Crippen LogP contribution in [-0.2, 0) is 28.9 Å². The molecule has 1 aliphatic carbocycles. The Kier molecular flexibility index (Phi) is 6.45. The predicted octanol–water partition coefficient (Wildman–Crippen LogP) is 5.05. The van der Waals surface area contributed by atoms with Crippen LogP contribution in [0.1, 0.15) is 29.5 Å². The molecule has 2 fully saturated rings. The van der Waals surface area contributed by atoms with Gasteiger partial charge in [-0.1, -0.05) is 12.1 Å². The van der Waals surface area contributed by atoms with E-state index in [0.29, 0.717) is 43.6 Å². The Balaban J connectivity index is 1.43. The van der Waals surface area contributed by atoms with Crippen LogP contribution in [-0.4, -0.2) is 32.4 Å². The van der Waals surface area contributed by atoms with Crippen molar-refractivity contribution in [2.75, 3.05) is 13.1 Å². The van der Waals surface area contributed by atoms with Gasteiger partial charge in [-0.05, 0) is 60.6 Å². The van der Waals surface area contributed by atoms with Gasteiger partial charge in [-0.2, -0.15) is 26.3 Å². The fourth-order valence-corrected chi connectivity index (χ4v) is 6.25. The molecule has 1 N–H and O–H groups in total. The molecule has 4 nitrogen and oxygen atoms in total. The maximum atomic E-state index is 13.9. The molecule has 2 aromatic rings. The van der Waals surface area contributed by atoms with Gasteiger partial charge in [0.2, 0.25) is 10.0 Å². The summed E-state index contributed by atoms with van der Waals surface area (Å²) in [4.78, 5) is 1.45. The minimum atomic E-state index is -4.78. The van der Waals surface area contributed by atoms with E-state index in [9.17, 15) is 39.2 Å². The number of nitrogens with zero attached hydrogens (tertiary/aromatic N) is 1. The second kappa shape index (κ2) is 8.80. The third-order valence-electron chi connectivity index (χ3n) is 6.46. The van der Waals surface area contributed by atoms with Crippen molar-refractivity contribution in [1.29, 1.82) is 0 Å². The van der Waals surface area contributed by atoms with Gasteiger partial charge in [0.25, 0.3) is 0 Å². The Hall–Kier alpha value is -2.18. The first-order chi connectivity index (χ1) is 15.7. The fraction of sp³-hybridized carbons (Fsp3) is 0.455. The van der Waals surface area contributed by atoms with Crippen molar-refractivity contribution in [3.63, 3.8) is 0 Å². The topological polar surface area (TPSA) is 49.4 Å². The van der Waals surface area contributed by atoms with Crippen molar-refractivity contribution in [1.82, 2.24) is 9.62 Å². The molecule has 186 valence electrons. The van der Waals surface area contributed by atoms with E-state index in [0.717, 1.165) is 24.3 Å². The van der Waals surface area contributed by atoms with E-state index < -0.39 is 50.3 Å². The van der Waals surface area contributed by atoms with E-state index in [2.05, 4.69) is 4.72 Å². The zero-order valence-electron chi connectivity index (χ0n) is 17.6. The Morgan fingerprint density at radius 2 is 1.68 bits per heavy atom. The van der Waals surface area contributed by atoms with Crippen molar-refractivity contribution in [2.45, 2.75) is 42.7 Å². The van der Waals surface area contributed by atoms with Crippen LogP contribution in [0.5, 0.6) is 0 Å². The summed E-state index contributed by atoms with van der Waals surface area (Å²) in [6, 6.07) is 5.81. The van der Waals surface area contributed by atoms with Crippen LogP contribution < -0.4 is 4.72 Å². The van der Waals surface area contributed by atoms with Crippen LogP contribution in [0.2, 0.25) is 0 Å². The Bertz CT molecular complexity index is 1160. The number of nitrogens with one attached hydrogen (secondary N) is 1. The molecule has 0 aromatic heterocycles. The third kappa shape index (κ3) is 5.23. The molecule has 34 heavy (non-hydrogen) atoms. The second-order valence-corrected chi connectivity index (χ2v) is 10.5. The minimum Gasteiger partial charge on any atom is -0.298 e. The van der Waals surface area contributed by atoms with Gasteiger partial charge < -0.3 is 0 Å². The van der Waals surface area contributed by atoms with E-state index in [1.54, 1.807) is 0 Å². The SMILES string of the molecule is O=S(=O)(NC1CCC2CN(Cc3ccc(C(F)(F)F)c(F)c3)CC21)c1cccc(C(F)(F)F)c1. The number of rotatable bonds is 5. The maximum absolute atomic E-state index is 13.9. The average Bonchev–Trinajstić information content (AvgIpc) is 3.27. The van der Waals surface area contributed by atoms with E-state index >= 15 is 0 Å². The summed E-state index contributed by atoms with van der Waals surface area (Å²) >= 11 is 0. The molecule has 12 heteroatoms. The average molecular weight is 510 g/mol. The highest BCUT2D eigenvalue weighted by Gasteiger charge is 2.44. The van der Waals surface area contributed by atoms with Crippen molar-refractivity contribution in [3.8, 4) is 0 Å². The van der Waals surface area contributed by atoms with Gasteiger partial charge in [-0.15, -0.1) is 0 Å². The summed E-state index contributed by atoms with van der Waals surface area (Å²) in [6.45, 7) is 1.20. The highest BCUT2D eigenvalue weighted by molar-refractivity contribution is 7.89. The lowest BCUT2D eigenvalue weighted by atomic mass is 9.98. The van der Waals surface area contributed by atoms with Crippen LogP contribution in [0, 0.1) is 17.7 Å². The molecule has 3 unspecified atom stereocenters. The Morgan fingerprint density at radius 3 is 2.32 bits per heavy atom. The van der Waals surface area contributed by atoms with Gasteiger partial charge in [0.1, 0.15) is 5.82 Å². The molecule has 1 saturated heterocycles. The van der Waals surface area contributed by atoms with Crippen LogP contribution in [0.4, 0.5) is 30.7 Å². The lowest BCUT2D eigenvalue weighted by molar-refractivity contribution is -0.140. The highest BCUT2D eigenvalue weighted by atomic mass is 32.2. The summed E-state index contributed by atoms with van der Waals surface area (Å²) in [5.41, 5.74) is -2.03. The number of halogens is 7. The fourth-order valence-electron chi connectivity index (χ4n) is 4.89.